The highest BCUT2D eigenvalue weighted by Crippen LogP contribution is 2.14. The van der Waals surface area contributed by atoms with E-state index in [0.717, 1.165) is 0 Å². The molecule has 0 aliphatic carbocycles. The first kappa shape index (κ1) is 13.7. The number of ether oxygens (including phenoxy) is 2. The van der Waals surface area contributed by atoms with Gasteiger partial charge in [-0.3, -0.25) is 0 Å². The first-order valence-corrected chi connectivity index (χ1v) is 5.30. The molecule has 0 aromatic heterocycles. The molecule has 0 saturated heterocycles. The van der Waals surface area contributed by atoms with Crippen LogP contribution in [-0.4, -0.2) is 18.5 Å². The molecule has 0 aliphatic heterocycles. The van der Waals surface area contributed by atoms with Crippen LogP contribution in [0, 0.1) is 0 Å². The molecular weight excluding hydrogens is 232 g/mol. The summed E-state index contributed by atoms with van der Waals surface area (Å²) in [5.41, 5.74) is 0.691. The summed E-state index contributed by atoms with van der Waals surface area (Å²) in [6.07, 6.45) is 1.49. The Morgan fingerprint density at radius 2 is 1.89 bits per heavy atom. The SMILES string of the molecule is C=CCOC(=O)c1ccc(OC(=O)C(=C)C)cc1. The van der Waals surface area contributed by atoms with Crippen molar-refractivity contribution < 1.29 is 19.1 Å². The van der Waals surface area contributed by atoms with E-state index in [4.69, 9.17) is 9.47 Å². The summed E-state index contributed by atoms with van der Waals surface area (Å²) in [5.74, 6) is -0.604. The Morgan fingerprint density at radius 1 is 1.28 bits per heavy atom. The van der Waals surface area contributed by atoms with Gasteiger partial charge in [0.05, 0.1) is 5.56 Å². The number of benzene rings is 1. The lowest BCUT2D eigenvalue weighted by Gasteiger charge is -2.05. The molecule has 1 aromatic rings. The van der Waals surface area contributed by atoms with Gasteiger partial charge in [-0.05, 0) is 31.2 Å². The Labute approximate surface area is 106 Å². The molecule has 18 heavy (non-hydrogen) atoms. The zero-order valence-corrected chi connectivity index (χ0v) is 10.1. The van der Waals surface area contributed by atoms with E-state index >= 15 is 0 Å². The molecule has 0 N–H and O–H groups in total. The third-order valence-corrected chi connectivity index (χ3v) is 1.98. The molecule has 0 aliphatic rings. The average molecular weight is 246 g/mol. The van der Waals surface area contributed by atoms with E-state index in [0.29, 0.717) is 16.9 Å². The summed E-state index contributed by atoms with van der Waals surface area (Å²) in [4.78, 5) is 22.7. The quantitative estimate of drug-likeness (QED) is 0.346. The van der Waals surface area contributed by atoms with Crippen LogP contribution >= 0.6 is 0 Å². The third-order valence-electron chi connectivity index (χ3n) is 1.98. The topological polar surface area (TPSA) is 52.6 Å². The number of carbonyl (C=O) groups is 2. The second-order valence-corrected chi connectivity index (χ2v) is 3.58. The van der Waals surface area contributed by atoms with Gasteiger partial charge in [-0.25, -0.2) is 9.59 Å². The van der Waals surface area contributed by atoms with Crippen molar-refractivity contribution in [3.05, 3.63) is 54.6 Å². The molecule has 0 spiro atoms. The van der Waals surface area contributed by atoms with Gasteiger partial charge in [0, 0.05) is 5.57 Å². The summed E-state index contributed by atoms with van der Waals surface area (Å²) < 4.78 is 9.84. The zero-order chi connectivity index (χ0) is 13.5. The van der Waals surface area contributed by atoms with E-state index < -0.39 is 11.9 Å². The van der Waals surface area contributed by atoms with E-state index in [2.05, 4.69) is 13.2 Å². The third kappa shape index (κ3) is 3.90. The minimum atomic E-state index is -0.503. The second kappa shape index (κ2) is 6.39. The summed E-state index contributed by atoms with van der Waals surface area (Å²) >= 11 is 0. The van der Waals surface area contributed by atoms with E-state index in [1.165, 1.54) is 30.3 Å². The summed E-state index contributed by atoms with van der Waals surface area (Å²) in [6.45, 7) is 8.64. The molecule has 0 heterocycles. The van der Waals surface area contributed by atoms with Gasteiger partial charge in [-0.2, -0.15) is 0 Å². The molecule has 94 valence electrons. The predicted molar refractivity (Wildman–Crippen MR) is 67.4 cm³/mol. The molecule has 1 aromatic carbocycles. The smallest absolute Gasteiger partial charge is 0.338 e. The number of hydrogen-bond acceptors (Lipinski definition) is 4. The Morgan fingerprint density at radius 3 is 2.39 bits per heavy atom. The lowest BCUT2D eigenvalue weighted by molar-refractivity contribution is -0.130. The first-order valence-electron chi connectivity index (χ1n) is 5.30. The Bertz CT molecular complexity index is 471. The number of rotatable bonds is 5. The molecule has 0 atom stereocenters. The van der Waals surface area contributed by atoms with Gasteiger partial charge in [0.1, 0.15) is 12.4 Å². The van der Waals surface area contributed by atoms with Crippen LogP contribution in [0.1, 0.15) is 17.3 Å². The second-order valence-electron chi connectivity index (χ2n) is 3.58. The summed E-state index contributed by atoms with van der Waals surface area (Å²) in [5, 5.41) is 0. The number of esters is 2. The average Bonchev–Trinajstić information content (AvgIpc) is 2.36. The molecule has 4 heteroatoms. The van der Waals surface area contributed by atoms with Crippen LogP contribution < -0.4 is 4.74 Å². The van der Waals surface area contributed by atoms with E-state index in [1.807, 2.05) is 0 Å². The van der Waals surface area contributed by atoms with Crippen LogP contribution in [0.3, 0.4) is 0 Å². The predicted octanol–water partition coefficient (Wildman–Crippen LogP) is 2.51. The highest BCUT2D eigenvalue weighted by molar-refractivity contribution is 5.90. The van der Waals surface area contributed by atoms with Gasteiger partial charge in [0.2, 0.25) is 0 Å². The minimum Gasteiger partial charge on any atom is -0.458 e. The fraction of sp³-hybridized carbons (Fsp3) is 0.143. The molecule has 0 radical (unpaired) electrons. The standard InChI is InChI=1S/C14H14O4/c1-4-9-17-14(16)11-5-7-12(8-6-11)18-13(15)10(2)3/h4-8H,1-2,9H2,3H3. The number of carbonyl (C=O) groups excluding carboxylic acids is 2. The van der Waals surface area contributed by atoms with Crippen LogP contribution in [0.2, 0.25) is 0 Å². The van der Waals surface area contributed by atoms with Gasteiger partial charge >= 0.3 is 11.9 Å². The molecular formula is C14H14O4. The summed E-state index contributed by atoms with van der Waals surface area (Å²) in [7, 11) is 0. The van der Waals surface area contributed by atoms with E-state index in [-0.39, 0.29) is 6.61 Å². The van der Waals surface area contributed by atoms with Crippen molar-refractivity contribution in [1.82, 2.24) is 0 Å². The van der Waals surface area contributed by atoms with Crippen molar-refractivity contribution in [2.75, 3.05) is 6.61 Å². The largest absolute Gasteiger partial charge is 0.458 e. The van der Waals surface area contributed by atoms with Gasteiger partial charge < -0.3 is 9.47 Å². The van der Waals surface area contributed by atoms with Crippen molar-refractivity contribution >= 4 is 11.9 Å². The van der Waals surface area contributed by atoms with Gasteiger partial charge in [-0.1, -0.05) is 19.2 Å². The maximum absolute atomic E-state index is 11.5. The van der Waals surface area contributed by atoms with Crippen LogP contribution in [0.25, 0.3) is 0 Å². The van der Waals surface area contributed by atoms with Crippen LogP contribution in [-0.2, 0) is 9.53 Å². The molecule has 0 unspecified atom stereocenters. The Kier molecular flexibility index (Phi) is 4.87. The van der Waals surface area contributed by atoms with Crippen LogP contribution in [0.4, 0.5) is 0 Å². The lowest BCUT2D eigenvalue weighted by Crippen LogP contribution is -2.09. The number of hydrogen-bond donors (Lipinski definition) is 0. The van der Waals surface area contributed by atoms with Crippen LogP contribution in [0.15, 0.2) is 49.1 Å². The maximum atomic E-state index is 11.5. The summed E-state index contributed by atoms with van der Waals surface area (Å²) in [6, 6.07) is 6.08. The van der Waals surface area contributed by atoms with Crippen molar-refractivity contribution in [3.8, 4) is 5.75 Å². The first-order chi connectivity index (χ1) is 8.54. The van der Waals surface area contributed by atoms with Gasteiger partial charge in [0.25, 0.3) is 0 Å². The minimum absolute atomic E-state index is 0.158. The van der Waals surface area contributed by atoms with Crippen LogP contribution in [0.5, 0.6) is 5.75 Å². The fourth-order valence-electron chi connectivity index (χ4n) is 1.07. The molecule has 0 saturated carbocycles. The highest BCUT2D eigenvalue weighted by atomic mass is 16.5. The van der Waals surface area contributed by atoms with E-state index in [1.54, 1.807) is 6.92 Å². The Hall–Kier alpha value is -2.36. The zero-order valence-electron chi connectivity index (χ0n) is 10.1. The lowest BCUT2D eigenvalue weighted by atomic mass is 10.2. The monoisotopic (exact) mass is 246 g/mol. The maximum Gasteiger partial charge on any atom is 0.338 e. The van der Waals surface area contributed by atoms with Crippen molar-refractivity contribution in [1.29, 1.82) is 0 Å². The molecule has 0 fully saturated rings. The highest BCUT2D eigenvalue weighted by Gasteiger charge is 2.08. The van der Waals surface area contributed by atoms with Crippen molar-refractivity contribution in [2.45, 2.75) is 6.92 Å². The molecule has 4 nitrogen and oxygen atoms in total. The Balaban J connectivity index is 2.68. The van der Waals surface area contributed by atoms with Crippen molar-refractivity contribution in [2.24, 2.45) is 0 Å². The fourth-order valence-corrected chi connectivity index (χ4v) is 1.07. The molecule has 0 bridgehead atoms. The van der Waals surface area contributed by atoms with Crippen molar-refractivity contribution in [3.63, 3.8) is 0 Å². The molecule has 1 rings (SSSR count). The molecule has 0 amide bonds. The normalized spacial score (nSPS) is 9.39. The van der Waals surface area contributed by atoms with E-state index in [9.17, 15) is 9.59 Å². The van der Waals surface area contributed by atoms with Gasteiger partial charge in [-0.15, -0.1) is 0 Å². The van der Waals surface area contributed by atoms with Gasteiger partial charge in [0.15, 0.2) is 0 Å².